The maximum atomic E-state index is 11.9. The summed E-state index contributed by atoms with van der Waals surface area (Å²) in [7, 11) is 0. The quantitative estimate of drug-likeness (QED) is 0.813. The van der Waals surface area contributed by atoms with Crippen LogP contribution in [0.25, 0.3) is 0 Å². The molecular weight excluding hydrogens is 290 g/mol. The molecule has 23 heavy (non-hydrogen) atoms. The van der Waals surface area contributed by atoms with Crippen molar-refractivity contribution in [2.24, 2.45) is 0 Å². The van der Waals surface area contributed by atoms with Gasteiger partial charge in [0.2, 0.25) is 0 Å². The summed E-state index contributed by atoms with van der Waals surface area (Å²) in [5, 5.41) is 2.88. The van der Waals surface area contributed by atoms with Crippen molar-refractivity contribution in [1.29, 1.82) is 0 Å². The topological polar surface area (TPSA) is 47.6 Å². The van der Waals surface area contributed by atoms with Crippen molar-refractivity contribution < 1.29 is 14.3 Å². The Bertz CT molecular complexity index is 611. The average Bonchev–Trinajstić information content (AvgIpc) is 2.58. The number of ether oxygens (including phenoxy) is 2. The first-order valence-corrected chi connectivity index (χ1v) is 7.78. The van der Waals surface area contributed by atoms with E-state index in [0.29, 0.717) is 18.9 Å². The zero-order chi connectivity index (χ0) is 16.5. The second-order valence-corrected chi connectivity index (χ2v) is 5.51. The van der Waals surface area contributed by atoms with Crippen LogP contribution in [-0.4, -0.2) is 18.6 Å². The van der Waals surface area contributed by atoms with Crippen LogP contribution in [0.15, 0.2) is 54.6 Å². The molecule has 1 amide bonds. The fourth-order valence-corrected chi connectivity index (χ4v) is 2.04. The second kappa shape index (κ2) is 8.96. The van der Waals surface area contributed by atoms with Crippen LogP contribution >= 0.6 is 0 Å². The summed E-state index contributed by atoms with van der Waals surface area (Å²) in [5.41, 5.74) is 2.15. The summed E-state index contributed by atoms with van der Waals surface area (Å²) < 4.78 is 11.1. The van der Waals surface area contributed by atoms with Crippen LogP contribution in [0.4, 0.5) is 0 Å². The van der Waals surface area contributed by atoms with Gasteiger partial charge in [0.1, 0.15) is 5.75 Å². The molecule has 0 atom stereocenters. The van der Waals surface area contributed by atoms with Crippen LogP contribution in [-0.2, 0) is 22.7 Å². The highest BCUT2D eigenvalue weighted by Gasteiger charge is 2.06. The number of rotatable bonds is 8. The highest BCUT2D eigenvalue weighted by molar-refractivity contribution is 5.77. The molecule has 0 aliphatic carbocycles. The third-order valence-corrected chi connectivity index (χ3v) is 3.28. The molecule has 0 aliphatic heterocycles. The third kappa shape index (κ3) is 6.12. The van der Waals surface area contributed by atoms with Gasteiger partial charge in [-0.05, 0) is 37.1 Å². The lowest BCUT2D eigenvalue weighted by atomic mass is 10.1. The van der Waals surface area contributed by atoms with Crippen molar-refractivity contribution in [2.45, 2.75) is 33.1 Å². The maximum absolute atomic E-state index is 11.9. The first kappa shape index (κ1) is 17.0. The Morgan fingerprint density at radius 3 is 2.35 bits per heavy atom. The van der Waals surface area contributed by atoms with Crippen molar-refractivity contribution in [3.05, 3.63) is 65.7 Å². The van der Waals surface area contributed by atoms with E-state index in [1.54, 1.807) is 0 Å². The Kier molecular flexibility index (Phi) is 6.63. The van der Waals surface area contributed by atoms with Gasteiger partial charge in [0.25, 0.3) is 5.91 Å². The minimum absolute atomic E-state index is 0.00861. The predicted octanol–water partition coefficient (Wildman–Crippen LogP) is 3.31. The van der Waals surface area contributed by atoms with E-state index < -0.39 is 0 Å². The fraction of sp³-hybridized carbons (Fsp3) is 0.316. The summed E-state index contributed by atoms with van der Waals surface area (Å²) >= 11 is 0. The van der Waals surface area contributed by atoms with Crippen molar-refractivity contribution in [3.63, 3.8) is 0 Å². The van der Waals surface area contributed by atoms with Gasteiger partial charge in [-0.15, -0.1) is 0 Å². The molecule has 4 nitrogen and oxygen atoms in total. The maximum Gasteiger partial charge on any atom is 0.258 e. The summed E-state index contributed by atoms with van der Waals surface area (Å²) in [6.45, 7) is 5.03. The van der Waals surface area contributed by atoms with E-state index in [1.807, 2.05) is 68.4 Å². The lowest BCUT2D eigenvalue weighted by Gasteiger charge is -2.13. The van der Waals surface area contributed by atoms with E-state index in [4.69, 9.17) is 9.47 Å². The van der Waals surface area contributed by atoms with Gasteiger partial charge in [-0.25, -0.2) is 0 Å². The number of nitrogens with one attached hydrogen (secondary N) is 1. The Morgan fingerprint density at radius 2 is 1.65 bits per heavy atom. The molecule has 0 bridgehead atoms. The molecule has 0 fully saturated rings. The number of carbonyl (C=O) groups is 1. The smallest absolute Gasteiger partial charge is 0.258 e. The molecule has 2 aromatic rings. The molecule has 0 heterocycles. The monoisotopic (exact) mass is 313 g/mol. The lowest BCUT2D eigenvalue weighted by molar-refractivity contribution is -0.123. The molecule has 0 aliphatic rings. The van der Waals surface area contributed by atoms with E-state index in [-0.39, 0.29) is 18.6 Å². The summed E-state index contributed by atoms with van der Waals surface area (Å²) in [6, 6.07) is 17.3. The lowest BCUT2D eigenvalue weighted by Crippen LogP contribution is -2.28. The van der Waals surface area contributed by atoms with Gasteiger partial charge in [0.05, 0.1) is 12.7 Å². The molecule has 0 unspecified atom stereocenters. The standard InChI is InChI=1S/C19H23NO3/c1-15(2)22-13-17-9-7-6-8-16(17)12-20-19(21)14-23-18-10-4-3-5-11-18/h3-11,15H,12-14H2,1-2H3,(H,20,21). The number of benzene rings is 2. The van der Waals surface area contributed by atoms with Crippen LogP contribution in [0.1, 0.15) is 25.0 Å². The molecule has 0 radical (unpaired) electrons. The van der Waals surface area contributed by atoms with Gasteiger partial charge in [-0.2, -0.15) is 0 Å². The van der Waals surface area contributed by atoms with Crippen LogP contribution in [0, 0.1) is 0 Å². The molecule has 1 N–H and O–H groups in total. The van der Waals surface area contributed by atoms with E-state index >= 15 is 0 Å². The predicted molar refractivity (Wildman–Crippen MR) is 90.2 cm³/mol. The molecule has 2 aromatic carbocycles. The SMILES string of the molecule is CC(C)OCc1ccccc1CNC(=O)COc1ccccc1. The summed E-state index contributed by atoms with van der Waals surface area (Å²) in [5.74, 6) is 0.543. The van der Waals surface area contributed by atoms with Crippen molar-refractivity contribution in [2.75, 3.05) is 6.61 Å². The zero-order valence-corrected chi connectivity index (χ0v) is 13.6. The molecule has 0 saturated heterocycles. The van der Waals surface area contributed by atoms with Crippen LogP contribution in [0.5, 0.6) is 5.75 Å². The van der Waals surface area contributed by atoms with Crippen molar-refractivity contribution in [3.8, 4) is 5.75 Å². The molecule has 0 saturated carbocycles. The van der Waals surface area contributed by atoms with Crippen LogP contribution in [0.3, 0.4) is 0 Å². The van der Waals surface area contributed by atoms with E-state index in [9.17, 15) is 4.79 Å². The Morgan fingerprint density at radius 1 is 1.00 bits per heavy atom. The first-order chi connectivity index (χ1) is 11.1. The number of para-hydroxylation sites is 1. The number of hydrogen-bond donors (Lipinski definition) is 1. The Labute approximate surface area is 137 Å². The van der Waals surface area contributed by atoms with E-state index in [0.717, 1.165) is 11.1 Å². The molecule has 0 spiro atoms. The van der Waals surface area contributed by atoms with Crippen LogP contribution in [0.2, 0.25) is 0 Å². The van der Waals surface area contributed by atoms with Gasteiger partial charge >= 0.3 is 0 Å². The minimum Gasteiger partial charge on any atom is -0.484 e. The molecule has 2 rings (SSSR count). The number of amides is 1. The normalized spacial score (nSPS) is 10.6. The average molecular weight is 313 g/mol. The first-order valence-electron chi connectivity index (χ1n) is 7.78. The molecule has 0 aromatic heterocycles. The van der Waals surface area contributed by atoms with Gasteiger partial charge < -0.3 is 14.8 Å². The number of carbonyl (C=O) groups excluding carboxylic acids is 1. The van der Waals surface area contributed by atoms with Gasteiger partial charge in [-0.1, -0.05) is 42.5 Å². The highest BCUT2D eigenvalue weighted by atomic mass is 16.5. The largest absolute Gasteiger partial charge is 0.484 e. The third-order valence-electron chi connectivity index (χ3n) is 3.28. The fourth-order valence-electron chi connectivity index (χ4n) is 2.04. The Balaban J connectivity index is 1.82. The van der Waals surface area contributed by atoms with Gasteiger partial charge in [0.15, 0.2) is 6.61 Å². The summed E-state index contributed by atoms with van der Waals surface area (Å²) in [6.07, 6.45) is 0.178. The van der Waals surface area contributed by atoms with Crippen LogP contribution < -0.4 is 10.1 Å². The van der Waals surface area contributed by atoms with E-state index in [1.165, 1.54) is 0 Å². The van der Waals surface area contributed by atoms with Crippen molar-refractivity contribution in [1.82, 2.24) is 5.32 Å². The highest BCUT2D eigenvalue weighted by Crippen LogP contribution is 2.11. The Hall–Kier alpha value is -2.33. The number of hydrogen-bond acceptors (Lipinski definition) is 3. The zero-order valence-electron chi connectivity index (χ0n) is 13.6. The van der Waals surface area contributed by atoms with E-state index in [2.05, 4.69) is 5.32 Å². The van der Waals surface area contributed by atoms with Gasteiger partial charge in [0, 0.05) is 6.54 Å². The molecule has 122 valence electrons. The minimum atomic E-state index is -0.145. The summed E-state index contributed by atoms with van der Waals surface area (Å²) in [4.78, 5) is 11.9. The van der Waals surface area contributed by atoms with Gasteiger partial charge in [-0.3, -0.25) is 4.79 Å². The molecule has 4 heteroatoms. The second-order valence-electron chi connectivity index (χ2n) is 5.51. The van der Waals surface area contributed by atoms with Crippen molar-refractivity contribution >= 4 is 5.91 Å². The molecular formula is C19H23NO3.